The first kappa shape index (κ1) is 19.2. The van der Waals surface area contributed by atoms with E-state index >= 15 is 0 Å². The van der Waals surface area contributed by atoms with Crippen LogP contribution in [0, 0.1) is 40.4 Å². The quantitative estimate of drug-likeness (QED) is 0.745. The lowest BCUT2D eigenvalue weighted by Gasteiger charge is -2.62. The molecule has 5 fully saturated rings. The first-order chi connectivity index (χ1) is 13.2. The maximum Gasteiger partial charge on any atom is 0.175 e. The van der Waals surface area contributed by atoms with Crippen LogP contribution in [-0.4, -0.2) is 41.8 Å². The van der Waals surface area contributed by atoms with Gasteiger partial charge in [0.05, 0.1) is 25.7 Å². The molecule has 0 bridgehead atoms. The van der Waals surface area contributed by atoms with Crippen LogP contribution in [0.15, 0.2) is 0 Å². The molecule has 4 saturated carbocycles. The zero-order valence-electron chi connectivity index (χ0n) is 17.4. The fraction of sp³-hybridized carbons (Fsp3) is 0.913. The summed E-state index contributed by atoms with van der Waals surface area (Å²) in [5.74, 6) is 0.807. The van der Waals surface area contributed by atoms with E-state index in [-0.39, 0.29) is 34.7 Å². The summed E-state index contributed by atoms with van der Waals surface area (Å²) in [7, 11) is 0. The Morgan fingerprint density at radius 1 is 1.07 bits per heavy atom. The van der Waals surface area contributed by atoms with E-state index in [0.717, 1.165) is 32.1 Å². The van der Waals surface area contributed by atoms with Gasteiger partial charge in [-0.2, -0.15) is 0 Å². The molecule has 1 aliphatic heterocycles. The summed E-state index contributed by atoms with van der Waals surface area (Å²) in [6.45, 7) is 7.18. The van der Waals surface area contributed by atoms with Gasteiger partial charge in [0.25, 0.3) is 0 Å². The van der Waals surface area contributed by atoms with E-state index in [0.29, 0.717) is 37.9 Å². The van der Waals surface area contributed by atoms with Gasteiger partial charge in [0.2, 0.25) is 0 Å². The molecule has 8 atom stereocenters. The van der Waals surface area contributed by atoms with Crippen molar-refractivity contribution in [2.45, 2.75) is 77.6 Å². The van der Waals surface area contributed by atoms with E-state index in [2.05, 4.69) is 13.8 Å². The van der Waals surface area contributed by atoms with Crippen molar-refractivity contribution >= 4 is 11.6 Å². The Hall–Kier alpha value is -0.780. The van der Waals surface area contributed by atoms with Crippen LogP contribution in [0.2, 0.25) is 0 Å². The number of ketones is 2. The van der Waals surface area contributed by atoms with Crippen LogP contribution in [0.1, 0.15) is 65.7 Å². The molecule has 5 nitrogen and oxygen atoms in total. The summed E-state index contributed by atoms with van der Waals surface area (Å²) < 4.78 is 11.8. The molecular formula is C23H34O5. The zero-order chi connectivity index (χ0) is 19.9. The Morgan fingerprint density at radius 3 is 2.46 bits per heavy atom. The van der Waals surface area contributed by atoms with Gasteiger partial charge in [-0.1, -0.05) is 13.8 Å². The highest BCUT2D eigenvalue weighted by Gasteiger charge is 2.67. The number of hydrogen-bond donors (Lipinski definition) is 1. The van der Waals surface area contributed by atoms with Crippen molar-refractivity contribution in [1.82, 2.24) is 0 Å². The molecule has 5 rings (SSSR count). The number of ether oxygens (including phenoxy) is 2. The lowest BCUT2D eigenvalue weighted by molar-refractivity contribution is -0.231. The Morgan fingerprint density at radius 2 is 1.79 bits per heavy atom. The first-order valence-corrected chi connectivity index (χ1v) is 11.2. The smallest absolute Gasteiger partial charge is 0.175 e. The molecule has 5 heteroatoms. The van der Waals surface area contributed by atoms with Crippen molar-refractivity contribution in [3.8, 4) is 0 Å². The predicted octanol–water partition coefficient (Wildman–Crippen LogP) is 3.13. The molecule has 0 aromatic carbocycles. The number of carbonyl (C=O) groups is 2. The highest BCUT2D eigenvalue weighted by Crippen LogP contribution is 2.67. The number of Topliss-reactive ketones (excluding diaryl/α,β-unsaturated/α-hetero) is 2. The number of carbonyl (C=O) groups excluding carboxylic acids is 2. The molecule has 0 aromatic rings. The Balaban J connectivity index is 1.49. The molecule has 1 N–H and O–H groups in total. The molecule has 0 amide bonds. The third-order valence-electron chi connectivity index (χ3n) is 9.73. The Bertz CT molecular complexity index is 697. The van der Waals surface area contributed by atoms with Crippen molar-refractivity contribution in [2.24, 2.45) is 40.4 Å². The SMILES string of the molecule is CC(=O)C1CCC2C3CC[C@@H]4CC5(CC(=O)[C@]4(C)C3[C@H](O)C[C@]12C)OCCO5. The van der Waals surface area contributed by atoms with Gasteiger partial charge in [0, 0.05) is 23.7 Å². The number of rotatable bonds is 1. The fourth-order valence-electron chi connectivity index (χ4n) is 8.56. The second-order valence-corrected chi connectivity index (χ2v) is 10.8. The summed E-state index contributed by atoms with van der Waals surface area (Å²) in [4.78, 5) is 25.8. The van der Waals surface area contributed by atoms with Crippen molar-refractivity contribution in [2.75, 3.05) is 13.2 Å². The van der Waals surface area contributed by atoms with Gasteiger partial charge < -0.3 is 14.6 Å². The first-order valence-electron chi connectivity index (χ1n) is 11.2. The largest absolute Gasteiger partial charge is 0.393 e. The van der Waals surface area contributed by atoms with Crippen LogP contribution in [0.25, 0.3) is 0 Å². The van der Waals surface area contributed by atoms with E-state index in [1.807, 2.05) is 0 Å². The van der Waals surface area contributed by atoms with Crippen LogP contribution in [0.3, 0.4) is 0 Å². The van der Waals surface area contributed by atoms with Crippen molar-refractivity contribution in [3.63, 3.8) is 0 Å². The van der Waals surface area contributed by atoms with Gasteiger partial charge >= 0.3 is 0 Å². The second kappa shape index (κ2) is 6.12. The summed E-state index contributed by atoms with van der Waals surface area (Å²) in [6.07, 6.45) is 5.24. The Labute approximate surface area is 167 Å². The third kappa shape index (κ3) is 2.36. The summed E-state index contributed by atoms with van der Waals surface area (Å²) >= 11 is 0. The van der Waals surface area contributed by atoms with Crippen LogP contribution in [-0.2, 0) is 19.1 Å². The van der Waals surface area contributed by atoms with E-state index in [1.54, 1.807) is 6.92 Å². The lowest BCUT2D eigenvalue weighted by Crippen LogP contribution is -2.64. The average molecular weight is 391 g/mol. The number of aliphatic hydroxyl groups is 1. The lowest BCUT2D eigenvalue weighted by atomic mass is 9.43. The summed E-state index contributed by atoms with van der Waals surface area (Å²) in [6, 6.07) is 0. The molecule has 4 unspecified atom stereocenters. The van der Waals surface area contributed by atoms with E-state index < -0.39 is 17.3 Å². The van der Waals surface area contributed by atoms with Crippen LogP contribution in [0.4, 0.5) is 0 Å². The number of fused-ring (bicyclic) bond motifs is 5. The normalized spacial score (nSPS) is 52.2. The van der Waals surface area contributed by atoms with E-state index in [1.165, 1.54) is 0 Å². The minimum absolute atomic E-state index is 0.00119. The minimum Gasteiger partial charge on any atom is -0.393 e. The molecule has 28 heavy (non-hydrogen) atoms. The third-order valence-corrected chi connectivity index (χ3v) is 9.73. The van der Waals surface area contributed by atoms with E-state index in [9.17, 15) is 14.7 Å². The van der Waals surface area contributed by atoms with Crippen molar-refractivity contribution < 1.29 is 24.2 Å². The maximum atomic E-state index is 13.5. The van der Waals surface area contributed by atoms with Crippen LogP contribution < -0.4 is 0 Å². The molecule has 0 radical (unpaired) electrons. The molecule has 5 aliphatic rings. The summed E-state index contributed by atoms with van der Waals surface area (Å²) in [5.41, 5.74) is -0.620. The van der Waals surface area contributed by atoms with Gasteiger partial charge in [-0.3, -0.25) is 9.59 Å². The second-order valence-electron chi connectivity index (χ2n) is 10.8. The average Bonchev–Trinajstić information content (AvgIpc) is 3.20. The molecule has 4 aliphatic carbocycles. The number of hydrogen-bond acceptors (Lipinski definition) is 5. The number of aliphatic hydroxyl groups excluding tert-OH is 1. The molecule has 1 heterocycles. The highest BCUT2D eigenvalue weighted by molar-refractivity contribution is 5.87. The van der Waals surface area contributed by atoms with Gasteiger partial charge in [-0.25, -0.2) is 0 Å². The maximum absolute atomic E-state index is 13.5. The van der Waals surface area contributed by atoms with Gasteiger partial charge in [0.15, 0.2) is 5.79 Å². The minimum atomic E-state index is -0.713. The topological polar surface area (TPSA) is 72.8 Å². The van der Waals surface area contributed by atoms with Crippen molar-refractivity contribution in [1.29, 1.82) is 0 Å². The fourth-order valence-corrected chi connectivity index (χ4v) is 8.56. The highest BCUT2D eigenvalue weighted by atomic mass is 16.7. The predicted molar refractivity (Wildman–Crippen MR) is 102 cm³/mol. The van der Waals surface area contributed by atoms with Gasteiger partial charge in [-0.15, -0.1) is 0 Å². The monoisotopic (exact) mass is 390 g/mol. The van der Waals surface area contributed by atoms with E-state index in [4.69, 9.17) is 9.47 Å². The molecule has 0 aromatic heterocycles. The molecular weight excluding hydrogens is 356 g/mol. The molecule has 1 spiro atoms. The Kier molecular flexibility index (Phi) is 4.19. The molecule has 156 valence electrons. The van der Waals surface area contributed by atoms with Gasteiger partial charge in [0.1, 0.15) is 11.6 Å². The van der Waals surface area contributed by atoms with Crippen LogP contribution >= 0.6 is 0 Å². The van der Waals surface area contributed by atoms with Crippen LogP contribution in [0.5, 0.6) is 0 Å². The molecule has 1 saturated heterocycles. The zero-order valence-corrected chi connectivity index (χ0v) is 17.4. The standard InChI is InChI=1S/C23H34O5/c1-13(24)16-6-7-17-15-5-4-14-10-23(27-8-9-28-23)12-19(26)22(14,3)20(15)18(25)11-21(16,17)2/h14-18,20,25H,4-12H2,1-3H3/t14-,15?,16?,17?,18-,20?,21-,22-/m1/s1. The van der Waals surface area contributed by atoms with Gasteiger partial charge in [-0.05, 0) is 62.2 Å². The van der Waals surface area contributed by atoms with Crippen molar-refractivity contribution in [3.05, 3.63) is 0 Å². The summed E-state index contributed by atoms with van der Waals surface area (Å²) in [5, 5.41) is 11.4.